The third kappa shape index (κ3) is 3.71. The molecule has 1 atom stereocenters. The molecule has 1 heterocycles. The number of hydrogen-bond donors (Lipinski definition) is 3. The van der Waals surface area contributed by atoms with Crippen molar-refractivity contribution in [2.45, 2.75) is 17.2 Å². The molecule has 114 valence electrons. The van der Waals surface area contributed by atoms with Crippen LogP contribution in [-0.4, -0.2) is 48.0 Å². The lowest BCUT2D eigenvalue weighted by Crippen LogP contribution is -2.40. The SMILES string of the molecule is Cn1cc(S(=O)(=O)NCC(O)C(F)(F)F)cc1C(=O)O. The number of aliphatic hydroxyl groups is 1. The maximum Gasteiger partial charge on any atom is 0.415 e. The summed E-state index contributed by atoms with van der Waals surface area (Å²) in [5, 5.41) is 17.4. The molecule has 3 N–H and O–H groups in total. The Hall–Kier alpha value is -1.59. The molecule has 0 amide bonds. The second-order valence-corrected chi connectivity index (χ2v) is 5.65. The van der Waals surface area contributed by atoms with E-state index >= 15 is 0 Å². The number of carboxylic acids is 1. The van der Waals surface area contributed by atoms with Crippen molar-refractivity contribution >= 4 is 16.0 Å². The van der Waals surface area contributed by atoms with Gasteiger partial charge in [-0.25, -0.2) is 17.9 Å². The zero-order valence-electron chi connectivity index (χ0n) is 10.0. The lowest BCUT2D eigenvalue weighted by atomic mass is 10.4. The smallest absolute Gasteiger partial charge is 0.415 e. The van der Waals surface area contributed by atoms with Crippen LogP contribution in [0.3, 0.4) is 0 Å². The van der Waals surface area contributed by atoms with Crippen LogP contribution in [-0.2, 0) is 17.1 Å². The van der Waals surface area contributed by atoms with Crippen LogP contribution >= 0.6 is 0 Å². The molecule has 7 nitrogen and oxygen atoms in total. The predicted octanol–water partition coefficient (Wildman–Crippen LogP) is -0.0752. The van der Waals surface area contributed by atoms with Crippen LogP contribution in [0.4, 0.5) is 13.2 Å². The lowest BCUT2D eigenvalue weighted by Gasteiger charge is -2.14. The number of hydrogen-bond acceptors (Lipinski definition) is 4. The third-order valence-electron chi connectivity index (χ3n) is 2.35. The normalized spacial score (nSPS) is 14.2. The van der Waals surface area contributed by atoms with Gasteiger partial charge in [-0.3, -0.25) is 0 Å². The Morgan fingerprint density at radius 2 is 2.05 bits per heavy atom. The van der Waals surface area contributed by atoms with Crippen molar-refractivity contribution < 1.29 is 36.6 Å². The Bertz CT molecular complexity index is 608. The summed E-state index contributed by atoms with van der Waals surface area (Å²) in [5.41, 5.74) is -0.346. The van der Waals surface area contributed by atoms with Gasteiger partial charge in [-0.1, -0.05) is 0 Å². The van der Waals surface area contributed by atoms with Gasteiger partial charge in [-0.2, -0.15) is 13.2 Å². The van der Waals surface area contributed by atoms with E-state index in [-0.39, 0.29) is 5.69 Å². The second kappa shape index (κ2) is 5.42. The van der Waals surface area contributed by atoms with Crippen LogP contribution in [0.15, 0.2) is 17.2 Å². The summed E-state index contributed by atoms with van der Waals surface area (Å²) < 4.78 is 62.0. The molecule has 0 aliphatic carbocycles. The van der Waals surface area contributed by atoms with Crippen LogP contribution in [0.1, 0.15) is 10.5 Å². The number of carbonyl (C=O) groups is 1. The molecule has 1 aromatic rings. The van der Waals surface area contributed by atoms with E-state index in [0.717, 1.165) is 16.8 Å². The van der Waals surface area contributed by atoms with E-state index in [0.29, 0.717) is 0 Å². The standard InChI is InChI=1S/C9H11F3N2O5S/c1-14-4-5(2-6(14)8(16)17)20(18,19)13-3-7(15)9(10,11)12/h2,4,7,13,15H,3H2,1H3,(H,16,17). The van der Waals surface area contributed by atoms with Gasteiger partial charge in [0.2, 0.25) is 10.0 Å². The highest BCUT2D eigenvalue weighted by atomic mass is 32.2. The van der Waals surface area contributed by atoms with Gasteiger partial charge < -0.3 is 14.8 Å². The summed E-state index contributed by atoms with van der Waals surface area (Å²) in [6, 6.07) is 0.796. The first-order valence-electron chi connectivity index (χ1n) is 5.09. The first-order chi connectivity index (χ1) is 8.95. The average Bonchev–Trinajstić information content (AvgIpc) is 2.67. The predicted molar refractivity (Wildman–Crippen MR) is 59.6 cm³/mol. The van der Waals surface area contributed by atoms with Gasteiger partial charge in [0, 0.05) is 19.8 Å². The Kier molecular flexibility index (Phi) is 4.46. The van der Waals surface area contributed by atoms with E-state index in [4.69, 9.17) is 10.2 Å². The minimum absolute atomic E-state index is 0.346. The van der Waals surface area contributed by atoms with Gasteiger partial charge >= 0.3 is 12.1 Å². The molecule has 1 aromatic heterocycles. The highest BCUT2D eigenvalue weighted by molar-refractivity contribution is 7.89. The van der Waals surface area contributed by atoms with E-state index < -0.39 is 39.7 Å². The zero-order chi connectivity index (χ0) is 15.7. The van der Waals surface area contributed by atoms with E-state index in [9.17, 15) is 26.4 Å². The summed E-state index contributed by atoms with van der Waals surface area (Å²) in [6.45, 7) is -1.26. The monoisotopic (exact) mass is 316 g/mol. The summed E-state index contributed by atoms with van der Waals surface area (Å²) >= 11 is 0. The molecule has 0 aliphatic rings. The second-order valence-electron chi connectivity index (χ2n) is 3.89. The Morgan fingerprint density at radius 1 is 1.50 bits per heavy atom. The minimum Gasteiger partial charge on any atom is -0.477 e. The van der Waals surface area contributed by atoms with Crippen molar-refractivity contribution in [2.24, 2.45) is 7.05 Å². The van der Waals surface area contributed by atoms with Crippen molar-refractivity contribution in [2.75, 3.05) is 6.54 Å². The first-order valence-corrected chi connectivity index (χ1v) is 6.57. The summed E-state index contributed by atoms with van der Waals surface area (Å²) in [5.74, 6) is -1.38. The molecular formula is C9H11F3N2O5S. The van der Waals surface area contributed by atoms with Gasteiger partial charge in [0.05, 0.1) is 0 Å². The van der Waals surface area contributed by atoms with E-state index in [1.54, 1.807) is 4.72 Å². The maximum absolute atomic E-state index is 12.0. The molecule has 20 heavy (non-hydrogen) atoms. The Morgan fingerprint density at radius 3 is 2.45 bits per heavy atom. The summed E-state index contributed by atoms with van der Waals surface area (Å²) in [4.78, 5) is 10.2. The molecule has 0 radical (unpaired) electrons. The van der Waals surface area contributed by atoms with Crippen molar-refractivity contribution in [1.82, 2.24) is 9.29 Å². The number of aliphatic hydroxyl groups excluding tert-OH is 1. The highest BCUT2D eigenvalue weighted by Gasteiger charge is 2.38. The molecule has 0 saturated carbocycles. The van der Waals surface area contributed by atoms with E-state index in [2.05, 4.69) is 0 Å². The van der Waals surface area contributed by atoms with Crippen LogP contribution in [0.5, 0.6) is 0 Å². The van der Waals surface area contributed by atoms with Gasteiger partial charge in [0.1, 0.15) is 10.6 Å². The Labute approximate surface area is 111 Å². The van der Waals surface area contributed by atoms with E-state index in [1.807, 2.05) is 0 Å². The molecule has 0 fully saturated rings. The molecule has 1 unspecified atom stereocenters. The number of nitrogens with zero attached hydrogens (tertiary/aromatic N) is 1. The van der Waals surface area contributed by atoms with Crippen molar-refractivity contribution in [3.05, 3.63) is 18.0 Å². The fraction of sp³-hybridized carbons (Fsp3) is 0.444. The van der Waals surface area contributed by atoms with Crippen LogP contribution in [0, 0.1) is 0 Å². The number of carboxylic acid groups (broad SMARTS) is 1. The van der Waals surface area contributed by atoms with Crippen molar-refractivity contribution in [1.29, 1.82) is 0 Å². The number of nitrogens with one attached hydrogen (secondary N) is 1. The van der Waals surface area contributed by atoms with Crippen molar-refractivity contribution in [3.63, 3.8) is 0 Å². The average molecular weight is 316 g/mol. The molecule has 1 rings (SSSR count). The molecule has 0 saturated heterocycles. The van der Waals surface area contributed by atoms with Gasteiger partial charge in [0.25, 0.3) is 0 Å². The Balaban J connectivity index is 2.90. The molecule has 0 aromatic carbocycles. The number of aromatic carboxylic acids is 1. The van der Waals surface area contributed by atoms with Crippen LogP contribution in [0.25, 0.3) is 0 Å². The number of halogens is 3. The number of sulfonamides is 1. The minimum atomic E-state index is -4.95. The third-order valence-corrected chi connectivity index (χ3v) is 3.74. The lowest BCUT2D eigenvalue weighted by molar-refractivity contribution is -0.200. The topological polar surface area (TPSA) is 109 Å². The summed E-state index contributed by atoms with van der Waals surface area (Å²) in [7, 11) is -3.07. The molecule has 0 bridgehead atoms. The molecule has 0 spiro atoms. The first kappa shape index (κ1) is 16.5. The molecule has 0 aliphatic heterocycles. The largest absolute Gasteiger partial charge is 0.477 e. The number of rotatable bonds is 5. The van der Waals surface area contributed by atoms with Crippen LogP contribution < -0.4 is 4.72 Å². The van der Waals surface area contributed by atoms with Crippen LogP contribution in [0.2, 0.25) is 0 Å². The number of alkyl halides is 3. The van der Waals surface area contributed by atoms with Crippen molar-refractivity contribution in [3.8, 4) is 0 Å². The van der Waals surface area contributed by atoms with Gasteiger partial charge in [-0.15, -0.1) is 0 Å². The van der Waals surface area contributed by atoms with Gasteiger partial charge in [-0.05, 0) is 6.07 Å². The van der Waals surface area contributed by atoms with Gasteiger partial charge in [0.15, 0.2) is 6.10 Å². The quantitative estimate of drug-likeness (QED) is 0.704. The zero-order valence-corrected chi connectivity index (χ0v) is 10.9. The fourth-order valence-electron chi connectivity index (χ4n) is 1.28. The maximum atomic E-state index is 12.0. The fourth-order valence-corrected chi connectivity index (χ4v) is 2.39. The molecular weight excluding hydrogens is 305 g/mol. The molecule has 11 heteroatoms. The summed E-state index contributed by atoms with van der Waals surface area (Å²) in [6.07, 6.45) is -6.86. The number of aromatic nitrogens is 1. The number of aryl methyl sites for hydroxylation is 1. The highest BCUT2D eigenvalue weighted by Crippen LogP contribution is 2.20. The van der Waals surface area contributed by atoms with E-state index in [1.165, 1.54) is 7.05 Å².